The van der Waals surface area contributed by atoms with Crippen molar-refractivity contribution in [1.29, 1.82) is 0 Å². The molecule has 0 fully saturated rings. The van der Waals surface area contributed by atoms with E-state index in [9.17, 15) is 4.79 Å². The molecule has 0 aliphatic rings. The van der Waals surface area contributed by atoms with Crippen LogP contribution in [0.5, 0.6) is 0 Å². The van der Waals surface area contributed by atoms with Gasteiger partial charge in [0.2, 0.25) is 0 Å². The fraction of sp³-hybridized carbons (Fsp3) is 0.538. The van der Waals surface area contributed by atoms with Crippen molar-refractivity contribution >= 4 is 5.78 Å². The molecule has 0 saturated heterocycles. The zero-order valence-electron chi connectivity index (χ0n) is 10.1. The van der Waals surface area contributed by atoms with E-state index in [1.165, 1.54) is 0 Å². The maximum Gasteiger partial charge on any atom is 0.164 e. The number of hydrogen-bond donors (Lipinski definition) is 1. The number of rotatable bonds is 6. The number of hydrogen-bond acceptors (Lipinski definition) is 3. The summed E-state index contributed by atoms with van der Waals surface area (Å²) in [7, 11) is 0. The van der Waals surface area contributed by atoms with Gasteiger partial charge in [0.1, 0.15) is 0 Å². The van der Waals surface area contributed by atoms with Gasteiger partial charge in [-0.1, -0.05) is 6.92 Å². The van der Waals surface area contributed by atoms with Crippen LogP contribution in [0.3, 0.4) is 0 Å². The highest BCUT2D eigenvalue weighted by Crippen LogP contribution is 2.14. The van der Waals surface area contributed by atoms with E-state index in [1.807, 2.05) is 13.0 Å². The van der Waals surface area contributed by atoms with Crippen molar-refractivity contribution in [2.24, 2.45) is 11.7 Å². The summed E-state index contributed by atoms with van der Waals surface area (Å²) in [5, 5.41) is 0. The van der Waals surface area contributed by atoms with Gasteiger partial charge >= 0.3 is 0 Å². The molecule has 0 aliphatic heterocycles. The quantitative estimate of drug-likeness (QED) is 0.749. The molecule has 0 aromatic carbocycles. The molecule has 1 aromatic rings. The van der Waals surface area contributed by atoms with Crippen molar-refractivity contribution in [3.05, 3.63) is 29.6 Å². The number of nitrogens with zero attached hydrogens (tertiary/aromatic N) is 1. The standard InChI is InChI=1S/C13H20N2O/c1-10(5-7-14)3-4-13(16)12-9-15-8-6-11(12)2/h6,8-10H,3-5,7,14H2,1-2H3. The Bertz CT molecular complexity index is 350. The summed E-state index contributed by atoms with van der Waals surface area (Å²) < 4.78 is 0. The number of Topliss-reactive ketones (excluding diaryl/α,β-unsaturated/α-hetero) is 1. The predicted molar refractivity (Wildman–Crippen MR) is 65.4 cm³/mol. The van der Waals surface area contributed by atoms with Crippen LogP contribution in [-0.2, 0) is 0 Å². The average Bonchev–Trinajstić information content (AvgIpc) is 2.27. The number of ketones is 1. The minimum Gasteiger partial charge on any atom is -0.330 e. The fourth-order valence-electron chi connectivity index (χ4n) is 1.70. The maximum atomic E-state index is 11.9. The Labute approximate surface area is 97.1 Å². The number of carbonyl (C=O) groups is 1. The largest absolute Gasteiger partial charge is 0.330 e. The van der Waals surface area contributed by atoms with Gasteiger partial charge in [0.05, 0.1) is 0 Å². The van der Waals surface area contributed by atoms with Crippen molar-refractivity contribution in [1.82, 2.24) is 4.98 Å². The molecule has 0 spiro atoms. The lowest BCUT2D eigenvalue weighted by molar-refractivity contribution is 0.0973. The minimum atomic E-state index is 0.189. The van der Waals surface area contributed by atoms with Gasteiger partial charge in [-0.15, -0.1) is 0 Å². The topological polar surface area (TPSA) is 56.0 Å². The van der Waals surface area contributed by atoms with E-state index < -0.39 is 0 Å². The molecule has 2 N–H and O–H groups in total. The second-order valence-corrected chi connectivity index (χ2v) is 4.33. The van der Waals surface area contributed by atoms with Gasteiger partial charge in [-0.3, -0.25) is 9.78 Å². The molecular weight excluding hydrogens is 200 g/mol. The van der Waals surface area contributed by atoms with Crippen LogP contribution in [0.15, 0.2) is 18.5 Å². The highest BCUT2D eigenvalue weighted by atomic mass is 16.1. The Morgan fingerprint density at radius 3 is 2.88 bits per heavy atom. The van der Waals surface area contributed by atoms with E-state index >= 15 is 0 Å². The van der Waals surface area contributed by atoms with Gasteiger partial charge in [0.15, 0.2) is 5.78 Å². The second kappa shape index (κ2) is 6.38. The molecule has 0 aliphatic carbocycles. The number of aromatic nitrogens is 1. The lowest BCUT2D eigenvalue weighted by Gasteiger charge is -2.09. The molecule has 88 valence electrons. The zero-order valence-corrected chi connectivity index (χ0v) is 10.1. The van der Waals surface area contributed by atoms with Gasteiger partial charge in [0.25, 0.3) is 0 Å². The molecule has 1 aromatic heterocycles. The van der Waals surface area contributed by atoms with Crippen LogP contribution in [0.2, 0.25) is 0 Å². The van der Waals surface area contributed by atoms with Crippen LogP contribution in [0.4, 0.5) is 0 Å². The van der Waals surface area contributed by atoms with E-state index in [-0.39, 0.29) is 5.78 Å². The molecule has 0 bridgehead atoms. The molecule has 1 rings (SSSR count). The highest BCUT2D eigenvalue weighted by Gasteiger charge is 2.10. The lowest BCUT2D eigenvalue weighted by atomic mass is 9.97. The van der Waals surface area contributed by atoms with Crippen molar-refractivity contribution in [3.8, 4) is 0 Å². The van der Waals surface area contributed by atoms with Crippen LogP contribution in [-0.4, -0.2) is 17.3 Å². The third-order valence-corrected chi connectivity index (χ3v) is 2.86. The van der Waals surface area contributed by atoms with E-state index in [2.05, 4.69) is 11.9 Å². The minimum absolute atomic E-state index is 0.189. The molecule has 1 heterocycles. The summed E-state index contributed by atoms with van der Waals surface area (Å²) in [5.41, 5.74) is 7.23. The third-order valence-electron chi connectivity index (χ3n) is 2.86. The van der Waals surface area contributed by atoms with E-state index in [0.29, 0.717) is 18.9 Å². The number of nitrogens with two attached hydrogens (primary N) is 1. The predicted octanol–water partition coefficient (Wildman–Crippen LogP) is 2.34. The Morgan fingerprint density at radius 2 is 2.25 bits per heavy atom. The third kappa shape index (κ3) is 3.74. The first-order valence-corrected chi connectivity index (χ1v) is 5.79. The van der Waals surface area contributed by atoms with E-state index in [1.54, 1.807) is 12.4 Å². The first kappa shape index (κ1) is 12.8. The maximum absolute atomic E-state index is 11.9. The van der Waals surface area contributed by atoms with Crippen molar-refractivity contribution in [2.45, 2.75) is 33.1 Å². The Hall–Kier alpha value is -1.22. The summed E-state index contributed by atoms with van der Waals surface area (Å²) >= 11 is 0. The number of carbonyl (C=O) groups excluding carboxylic acids is 1. The normalized spacial score (nSPS) is 12.4. The summed E-state index contributed by atoms with van der Waals surface area (Å²) in [6, 6.07) is 1.87. The highest BCUT2D eigenvalue weighted by molar-refractivity contribution is 5.97. The van der Waals surface area contributed by atoms with Gasteiger partial charge in [-0.05, 0) is 43.9 Å². The molecule has 0 saturated carbocycles. The number of pyridine rings is 1. The molecule has 1 unspecified atom stereocenters. The molecule has 3 heteroatoms. The fourth-order valence-corrected chi connectivity index (χ4v) is 1.70. The van der Waals surface area contributed by atoms with Crippen LogP contribution < -0.4 is 5.73 Å². The first-order chi connectivity index (χ1) is 7.65. The Morgan fingerprint density at radius 1 is 1.50 bits per heavy atom. The lowest BCUT2D eigenvalue weighted by Crippen LogP contribution is -2.09. The van der Waals surface area contributed by atoms with Crippen LogP contribution in [0, 0.1) is 12.8 Å². The summed E-state index contributed by atoms with van der Waals surface area (Å²) in [6.07, 6.45) is 5.85. The van der Waals surface area contributed by atoms with Gasteiger partial charge in [-0.2, -0.15) is 0 Å². The molecule has 0 radical (unpaired) electrons. The van der Waals surface area contributed by atoms with Crippen molar-refractivity contribution in [2.75, 3.05) is 6.54 Å². The molecule has 16 heavy (non-hydrogen) atoms. The Kier molecular flexibility index (Phi) is 5.12. The Balaban J connectivity index is 2.50. The second-order valence-electron chi connectivity index (χ2n) is 4.33. The summed E-state index contributed by atoms with van der Waals surface area (Å²) in [6.45, 7) is 4.77. The smallest absolute Gasteiger partial charge is 0.164 e. The SMILES string of the molecule is Cc1ccncc1C(=O)CCC(C)CCN. The van der Waals surface area contributed by atoms with Gasteiger partial charge in [0, 0.05) is 24.4 Å². The summed E-state index contributed by atoms with van der Waals surface area (Å²) in [5.74, 6) is 0.709. The number of aryl methyl sites for hydroxylation is 1. The van der Waals surface area contributed by atoms with Crippen molar-refractivity contribution in [3.63, 3.8) is 0 Å². The van der Waals surface area contributed by atoms with E-state index in [4.69, 9.17) is 5.73 Å². The average molecular weight is 220 g/mol. The van der Waals surface area contributed by atoms with E-state index in [0.717, 1.165) is 24.0 Å². The molecule has 3 nitrogen and oxygen atoms in total. The van der Waals surface area contributed by atoms with Crippen LogP contribution >= 0.6 is 0 Å². The van der Waals surface area contributed by atoms with Crippen molar-refractivity contribution < 1.29 is 4.79 Å². The zero-order chi connectivity index (χ0) is 12.0. The first-order valence-electron chi connectivity index (χ1n) is 5.79. The molecule has 0 amide bonds. The van der Waals surface area contributed by atoms with Gasteiger partial charge in [-0.25, -0.2) is 0 Å². The van der Waals surface area contributed by atoms with Gasteiger partial charge < -0.3 is 5.73 Å². The van der Waals surface area contributed by atoms with Crippen LogP contribution in [0.25, 0.3) is 0 Å². The van der Waals surface area contributed by atoms with Crippen LogP contribution in [0.1, 0.15) is 42.1 Å². The monoisotopic (exact) mass is 220 g/mol. The molecule has 1 atom stereocenters. The summed E-state index contributed by atoms with van der Waals surface area (Å²) in [4.78, 5) is 15.9. The molecular formula is C13H20N2O.